The predicted octanol–water partition coefficient (Wildman–Crippen LogP) is 4.39. The zero-order valence-electron chi connectivity index (χ0n) is 14.9. The minimum absolute atomic E-state index is 0.0484. The van der Waals surface area contributed by atoms with E-state index in [2.05, 4.69) is 15.0 Å². The number of nitrogens with zero attached hydrogens (tertiary/aromatic N) is 2. The van der Waals surface area contributed by atoms with Crippen LogP contribution < -0.4 is 14.9 Å². The van der Waals surface area contributed by atoms with Crippen molar-refractivity contribution in [3.05, 3.63) is 17.9 Å². The van der Waals surface area contributed by atoms with Crippen molar-refractivity contribution in [2.75, 3.05) is 18.0 Å². The molecule has 2 fully saturated rings. The van der Waals surface area contributed by atoms with E-state index in [1.165, 1.54) is 29.0 Å². The van der Waals surface area contributed by atoms with Crippen molar-refractivity contribution in [3.8, 4) is 0 Å². The number of anilines is 1. The lowest BCUT2D eigenvalue weighted by molar-refractivity contribution is -0.154. The fourth-order valence-corrected chi connectivity index (χ4v) is 4.63. The number of benzene rings is 1. The molecule has 2 aliphatic heterocycles. The first kappa shape index (κ1) is 18.9. The molecule has 0 radical (unpaired) electrons. The van der Waals surface area contributed by atoms with Crippen molar-refractivity contribution in [2.45, 2.75) is 55.8 Å². The van der Waals surface area contributed by atoms with Crippen LogP contribution in [-0.2, 0) is 0 Å². The molecule has 0 unspecified atom stereocenters. The molecule has 0 bridgehead atoms. The van der Waals surface area contributed by atoms with Gasteiger partial charge < -0.3 is 14.9 Å². The molecule has 0 amide bonds. The summed E-state index contributed by atoms with van der Waals surface area (Å²) in [6.07, 6.45) is -1.81. The monoisotopic (exact) mass is 402 g/mol. The first-order valence-electron chi connectivity index (χ1n) is 9.28. The zero-order valence-corrected chi connectivity index (χ0v) is 15.8. The maximum Gasteiger partial charge on any atom is 0.408 e. The number of alkyl halides is 3. The minimum atomic E-state index is -4.39. The number of halogens is 4. The third kappa shape index (κ3) is 3.89. The van der Waals surface area contributed by atoms with Gasteiger partial charge in [-0.15, -0.1) is 0 Å². The van der Waals surface area contributed by atoms with Gasteiger partial charge in [0.25, 0.3) is 0 Å². The number of piperidine rings is 1. The van der Waals surface area contributed by atoms with Gasteiger partial charge in [-0.3, -0.25) is 0 Å². The Morgan fingerprint density at radius 1 is 1.30 bits per heavy atom. The van der Waals surface area contributed by atoms with E-state index in [1.54, 1.807) is 0 Å². The van der Waals surface area contributed by atoms with Gasteiger partial charge in [0.1, 0.15) is 23.4 Å². The number of rotatable bonds is 4. The number of hydrogen-bond donors (Lipinski definition) is 2. The Kier molecular flexibility index (Phi) is 5.00. The molecular formula is C18H22F4N4S. The van der Waals surface area contributed by atoms with Gasteiger partial charge in [0.05, 0.1) is 10.6 Å². The lowest BCUT2D eigenvalue weighted by Gasteiger charge is -2.42. The molecule has 0 aromatic heterocycles. The molecule has 9 heteroatoms. The molecule has 1 aromatic carbocycles. The van der Waals surface area contributed by atoms with Gasteiger partial charge in [-0.25, -0.2) is 9.38 Å². The Labute approximate surface area is 159 Å². The number of hydrogen-bond acceptors (Lipinski definition) is 5. The van der Waals surface area contributed by atoms with Crippen molar-refractivity contribution in [1.29, 1.82) is 0 Å². The maximum absolute atomic E-state index is 14.2. The summed E-state index contributed by atoms with van der Waals surface area (Å²) < 4.78 is 58.8. The first-order chi connectivity index (χ1) is 12.9. The van der Waals surface area contributed by atoms with Crippen LogP contribution in [0, 0.1) is 11.7 Å². The summed E-state index contributed by atoms with van der Waals surface area (Å²) >= 11 is 1.23. The van der Waals surface area contributed by atoms with Crippen LogP contribution in [-0.4, -0.2) is 37.2 Å². The molecule has 1 saturated heterocycles. The molecule has 1 aliphatic carbocycles. The number of amidine groups is 1. The SMILES string of the molecule is CCN[C@@H]1CCN(c2cc(F)cc3c2N=C(C2CC2)NS3)[C@H](C(F)(F)F)C1. The summed E-state index contributed by atoms with van der Waals surface area (Å²) in [5.41, 5.74) is 0.702. The Balaban J connectivity index is 1.72. The van der Waals surface area contributed by atoms with E-state index >= 15 is 0 Å². The van der Waals surface area contributed by atoms with E-state index in [1.807, 2.05) is 6.92 Å². The highest BCUT2D eigenvalue weighted by Gasteiger charge is 2.47. The van der Waals surface area contributed by atoms with E-state index in [-0.39, 0.29) is 24.7 Å². The van der Waals surface area contributed by atoms with Crippen molar-refractivity contribution in [1.82, 2.24) is 10.0 Å². The van der Waals surface area contributed by atoms with E-state index in [9.17, 15) is 17.6 Å². The molecular weight excluding hydrogens is 380 g/mol. The largest absolute Gasteiger partial charge is 0.408 e. The average molecular weight is 402 g/mol. The molecule has 3 aliphatic rings. The van der Waals surface area contributed by atoms with E-state index in [4.69, 9.17) is 0 Å². The number of aliphatic imine (C=N–C) groups is 1. The normalized spacial score (nSPS) is 25.7. The molecule has 2 atom stereocenters. The average Bonchev–Trinajstić information content (AvgIpc) is 3.45. The van der Waals surface area contributed by atoms with E-state index in [0.29, 0.717) is 29.5 Å². The lowest BCUT2D eigenvalue weighted by atomic mass is 9.95. The smallest absolute Gasteiger partial charge is 0.358 e. The molecule has 4 nitrogen and oxygen atoms in total. The van der Waals surface area contributed by atoms with Gasteiger partial charge in [0.15, 0.2) is 0 Å². The highest BCUT2D eigenvalue weighted by Crippen LogP contribution is 2.46. The van der Waals surface area contributed by atoms with Crippen LogP contribution in [0.1, 0.15) is 32.6 Å². The highest BCUT2D eigenvalue weighted by molar-refractivity contribution is 7.98. The van der Waals surface area contributed by atoms with Crippen molar-refractivity contribution in [3.63, 3.8) is 0 Å². The van der Waals surface area contributed by atoms with Crippen molar-refractivity contribution in [2.24, 2.45) is 10.9 Å². The molecule has 0 spiro atoms. The van der Waals surface area contributed by atoms with Crippen LogP contribution in [0.2, 0.25) is 0 Å². The van der Waals surface area contributed by atoms with Crippen LogP contribution >= 0.6 is 11.9 Å². The Bertz CT molecular complexity index is 748. The minimum Gasteiger partial charge on any atom is -0.358 e. The summed E-state index contributed by atoms with van der Waals surface area (Å²) in [6.45, 7) is 2.72. The highest BCUT2D eigenvalue weighted by atomic mass is 32.2. The summed E-state index contributed by atoms with van der Waals surface area (Å²) in [6, 6.07) is 0.687. The maximum atomic E-state index is 14.2. The van der Waals surface area contributed by atoms with Gasteiger partial charge in [0, 0.05) is 18.5 Å². The quantitative estimate of drug-likeness (QED) is 0.579. The third-order valence-electron chi connectivity index (χ3n) is 5.26. The van der Waals surface area contributed by atoms with Gasteiger partial charge in [-0.1, -0.05) is 6.92 Å². The molecule has 2 heterocycles. The van der Waals surface area contributed by atoms with Crippen LogP contribution in [0.3, 0.4) is 0 Å². The molecule has 1 aromatic rings. The zero-order chi connectivity index (χ0) is 19.2. The second-order valence-electron chi connectivity index (χ2n) is 7.28. The fourth-order valence-electron chi connectivity index (χ4n) is 3.79. The predicted molar refractivity (Wildman–Crippen MR) is 99.1 cm³/mol. The molecule has 27 heavy (non-hydrogen) atoms. The summed E-state index contributed by atoms with van der Waals surface area (Å²) in [5.74, 6) is 0.575. The van der Waals surface area contributed by atoms with Gasteiger partial charge in [0.2, 0.25) is 0 Å². The standard InChI is InChI=1S/C18H22F4N4S/c1-2-23-12-5-6-26(15(9-12)18(20,21)22)13-7-11(19)8-14-16(13)24-17(25-27-14)10-3-4-10/h7-8,10,12,15,23H,2-6,9H2,1H3,(H,24,25)/t12-,15+/m1/s1. The van der Waals surface area contributed by atoms with Gasteiger partial charge in [-0.2, -0.15) is 13.2 Å². The molecule has 4 rings (SSSR count). The fraction of sp³-hybridized carbons (Fsp3) is 0.611. The Morgan fingerprint density at radius 3 is 2.74 bits per heavy atom. The van der Waals surface area contributed by atoms with Crippen molar-refractivity contribution < 1.29 is 17.6 Å². The summed E-state index contributed by atoms with van der Waals surface area (Å²) in [5, 5.41) is 3.12. The van der Waals surface area contributed by atoms with Gasteiger partial charge >= 0.3 is 6.18 Å². The summed E-state index contributed by atoms with van der Waals surface area (Å²) in [7, 11) is 0. The van der Waals surface area contributed by atoms with Gasteiger partial charge in [-0.05, 0) is 56.3 Å². The Hall–Kier alpha value is -1.48. The topological polar surface area (TPSA) is 39.7 Å². The van der Waals surface area contributed by atoms with E-state index < -0.39 is 18.0 Å². The van der Waals surface area contributed by atoms with Crippen molar-refractivity contribution >= 4 is 29.2 Å². The second-order valence-corrected chi connectivity index (χ2v) is 8.12. The van der Waals surface area contributed by atoms with Crippen LogP contribution in [0.15, 0.2) is 22.0 Å². The van der Waals surface area contributed by atoms with Crippen LogP contribution in [0.5, 0.6) is 0 Å². The molecule has 1 saturated carbocycles. The van der Waals surface area contributed by atoms with Crippen LogP contribution in [0.4, 0.5) is 28.9 Å². The molecule has 2 N–H and O–H groups in total. The number of nitrogens with one attached hydrogen (secondary N) is 2. The Morgan fingerprint density at radius 2 is 2.07 bits per heavy atom. The second kappa shape index (κ2) is 7.16. The van der Waals surface area contributed by atoms with Crippen LogP contribution in [0.25, 0.3) is 0 Å². The summed E-state index contributed by atoms with van der Waals surface area (Å²) in [4.78, 5) is 6.42. The lowest BCUT2D eigenvalue weighted by Crippen LogP contribution is -2.55. The first-order valence-corrected chi connectivity index (χ1v) is 10.1. The van der Waals surface area contributed by atoms with E-state index in [0.717, 1.165) is 18.7 Å². The number of fused-ring (bicyclic) bond motifs is 1. The third-order valence-corrected chi connectivity index (χ3v) is 6.11. The molecule has 148 valence electrons.